The average Bonchev–Trinajstić information content (AvgIpc) is 3.16. The number of alkyl halides is 3. The summed E-state index contributed by atoms with van der Waals surface area (Å²) in [6.07, 6.45) is 3.14. The van der Waals surface area contributed by atoms with E-state index in [0.29, 0.717) is 31.0 Å². The van der Waals surface area contributed by atoms with Gasteiger partial charge in [0.15, 0.2) is 0 Å². The SMILES string of the molecule is O=C([C@H](Cc1ccccc1)N(Cc1ccc(-c2ccccn2)cc1)C(=O)/C=C/c1ccc(C(F)(F)F)cc1)N1CCC(Cc2ccccc2)CC1. The summed E-state index contributed by atoms with van der Waals surface area (Å²) in [4.78, 5) is 36.6. The molecule has 0 bridgehead atoms. The summed E-state index contributed by atoms with van der Waals surface area (Å²) in [6.45, 7) is 1.36. The monoisotopic (exact) mass is 687 g/mol. The van der Waals surface area contributed by atoms with E-state index in [1.165, 1.54) is 29.8 Å². The third kappa shape index (κ3) is 9.60. The zero-order valence-corrected chi connectivity index (χ0v) is 28.3. The highest BCUT2D eigenvalue weighted by atomic mass is 19.4. The van der Waals surface area contributed by atoms with Crippen LogP contribution in [0.1, 0.15) is 40.7 Å². The van der Waals surface area contributed by atoms with Crippen LogP contribution in [0.5, 0.6) is 0 Å². The third-order valence-corrected chi connectivity index (χ3v) is 9.43. The molecule has 1 saturated heterocycles. The summed E-state index contributed by atoms with van der Waals surface area (Å²) in [5.74, 6) is -0.0543. The Hall–Kier alpha value is -5.50. The molecule has 4 aromatic carbocycles. The molecule has 0 unspecified atom stereocenters. The fourth-order valence-corrected chi connectivity index (χ4v) is 6.58. The lowest BCUT2D eigenvalue weighted by atomic mass is 9.89. The smallest absolute Gasteiger partial charge is 0.341 e. The van der Waals surface area contributed by atoms with Crippen molar-refractivity contribution >= 4 is 17.9 Å². The van der Waals surface area contributed by atoms with Crippen LogP contribution in [0.2, 0.25) is 0 Å². The number of carbonyl (C=O) groups is 2. The highest BCUT2D eigenvalue weighted by molar-refractivity contribution is 5.95. The molecule has 8 heteroatoms. The molecule has 0 radical (unpaired) electrons. The van der Waals surface area contributed by atoms with Crippen molar-refractivity contribution in [2.45, 2.75) is 44.4 Å². The largest absolute Gasteiger partial charge is 0.416 e. The van der Waals surface area contributed by atoms with Gasteiger partial charge >= 0.3 is 6.18 Å². The number of amides is 2. The van der Waals surface area contributed by atoms with Crippen LogP contribution in [0.4, 0.5) is 13.2 Å². The van der Waals surface area contributed by atoms with Gasteiger partial charge in [-0.1, -0.05) is 103 Å². The van der Waals surface area contributed by atoms with Crippen LogP contribution in [0, 0.1) is 5.92 Å². The van der Waals surface area contributed by atoms with E-state index in [2.05, 4.69) is 17.1 Å². The van der Waals surface area contributed by atoms with Gasteiger partial charge in [-0.3, -0.25) is 14.6 Å². The molecule has 0 aliphatic carbocycles. The second-order valence-corrected chi connectivity index (χ2v) is 13.0. The van der Waals surface area contributed by atoms with Crippen molar-refractivity contribution < 1.29 is 22.8 Å². The van der Waals surface area contributed by atoms with Gasteiger partial charge in [-0.15, -0.1) is 0 Å². The molecule has 2 amide bonds. The molecule has 1 atom stereocenters. The van der Waals surface area contributed by atoms with Gasteiger partial charge in [-0.2, -0.15) is 13.2 Å². The van der Waals surface area contributed by atoms with Crippen molar-refractivity contribution in [2.24, 2.45) is 5.92 Å². The van der Waals surface area contributed by atoms with E-state index in [1.54, 1.807) is 11.1 Å². The lowest BCUT2D eigenvalue weighted by molar-refractivity contribution is -0.145. The Kier molecular flexibility index (Phi) is 11.4. The maximum Gasteiger partial charge on any atom is 0.416 e. The molecule has 6 rings (SSSR count). The van der Waals surface area contributed by atoms with Crippen LogP contribution in [0.3, 0.4) is 0 Å². The molecular weight excluding hydrogens is 647 g/mol. The number of rotatable bonds is 11. The molecule has 51 heavy (non-hydrogen) atoms. The summed E-state index contributed by atoms with van der Waals surface area (Å²) in [5, 5.41) is 0. The van der Waals surface area contributed by atoms with Crippen LogP contribution >= 0.6 is 0 Å². The number of piperidine rings is 1. The number of likely N-dealkylation sites (tertiary alicyclic amines) is 1. The van der Waals surface area contributed by atoms with Crippen LogP contribution < -0.4 is 0 Å². The molecule has 5 nitrogen and oxygen atoms in total. The molecule has 260 valence electrons. The molecule has 1 aliphatic heterocycles. The Morgan fingerprint density at radius 2 is 1.39 bits per heavy atom. The average molecular weight is 688 g/mol. The lowest BCUT2D eigenvalue weighted by Gasteiger charge is -2.38. The highest BCUT2D eigenvalue weighted by Crippen LogP contribution is 2.30. The number of benzene rings is 4. The number of nitrogens with zero attached hydrogens (tertiary/aromatic N) is 3. The van der Waals surface area contributed by atoms with Crippen molar-refractivity contribution in [1.82, 2.24) is 14.8 Å². The molecule has 0 N–H and O–H groups in total. The van der Waals surface area contributed by atoms with E-state index in [-0.39, 0.29) is 12.5 Å². The van der Waals surface area contributed by atoms with E-state index in [1.807, 2.05) is 95.9 Å². The summed E-state index contributed by atoms with van der Waals surface area (Å²) in [7, 11) is 0. The van der Waals surface area contributed by atoms with Crippen molar-refractivity contribution in [3.05, 3.63) is 167 Å². The molecule has 1 aliphatic rings. The van der Waals surface area contributed by atoms with E-state index in [9.17, 15) is 22.8 Å². The molecule has 0 saturated carbocycles. The third-order valence-electron chi connectivity index (χ3n) is 9.43. The van der Waals surface area contributed by atoms with Crippen LogP contribution in [0.25, 0.3) is 17.3 Å². The predicted octanol–water partition coefficient (Wildman–Crippen LogP) is 8.90. The number of halogens is 3. The second-order valence-electron chi connectivity index (χ2n) is 13.0. The molecule has 1 aromatic heterocycles. The Bertz CT molecular complexity index is 1890. The number of aromatic nitrogens is 1. The van der Waals surface area contributed by atoms with E-state index in [4.69, 9.17) is 0 Å². The van der Waals surface area contributed by atoms with E-state index >= 15 is 0 Å². The first kappa shape index (κ1) is 35.3. The van der Waals surface area contributed by atoms with Crippen molar-refractivity contribution in [3.63, 3.8) is 0 Å². The van der Waals surface area contributed by atoms with E-state index < -0.39 is 23.7 Å². The minimum absolute atomic E-state index is 0.113. The number of pyridine rings is 1. The van der Waals surface area contributed by atoms with Crippen LogP contribution in [-0.4, -0.2) is 45.7 Å². The maximum atomic E-state index is 14.5. The van der Waals surface area contributed by atoms with Gasteiger partial charge in [0.2, 0.25) is 11.8 Å². The summed E-state index contributed by atoms with van der Waals surface area (Å²) < 4.78 is 39.5. The van der Waals surface area contributed by atoms with Crippen molar-refractivity contribution in [3.8, 4) is 11.3 Å². The number of hydrogen-bond acceptors (Lipinski definition) is 3. The van der Waals surface area contributed by atoms with Gasteiger partial charge < -0.3 is 9.80 Å². The Morgan fingerprint density at radius 1 is 0.765 bits per heavy atom. The first-order valence-corrected chi connectivity index (χ1v) is 17.3. The molecule has 1 fully saturated rings. The van der Waals surface area contributed by atoms with Gasteiger partial charge in [-0.25, -0.2) is 0 Å². The van der Waals surface area contributed by atoms with Gasteiger partial charge in [-0.05, 0) is 77.8 Å². The van der Waals surface area contributed by atoms with Crippen LogP contribution in [-0.2, 0) is 35.2 Å². The zero-order chi connectivity index (χ0) is 35.6. The summed E-state index contributed by atoms with van der Waals surface area (Å²) in [5.41, 5.74) is 4.47. The number of hydrogen-bond donors (Lipinski definition) is 0. The molecule has 2 heterocycles. The van der Waals surface area contributed by atoms with Gasteiger partial charge in [0, 0.05) is 43.9 Å². The lowest BCUT2D eigenvalue weighted by Crippen LogP contribution is -2.53. The molecular formula is C43H40F3N3O2. The predicted molar refractivity (Wildman–Crippen MR) is 194 cm³/mol. The quantitative estimate of drug-likeness (QED) is 0.130. The summed E-state index contributed by atoms with van der Waals surface area (Å²) >= 11 is 0. The normalized spacial score (nSPS) is 14.4. The Labute approximate surface area is 297 Å². The first-order chi connectivity index (χ1) is 24.7. The second kappa shape index (κ2) is 16.5. The first-order valence-electron chi connectivity index (χ1n) is 17.3. The maximum absolute atomic E-state index is 14.5. The Balaban J connectivity index is 1.28. The highest BCUT2D eigenvalue weighted by Gasteiger charge is 2.34. The molecule has 5 aromatic rings. The van der Waals surface area contributed by atoms with Gasteiger partial charge in [0.25, 0.3) is 0 Å². The summed E-state index contributed by atoms with van der Waals surface area (Å²) in [6, 6.07) is 37.3. The van der Waals surface area contributed by atoms with Gasteiger partial charge in [0.1, 0.15) is 6.04 Å². The van der Waals surface area contributed by atoms with Crippen molar-refractivity contribution in [1.29, 1.82) is 0 Å². The fourth-order valence-electron chi connectivity index (χ4n) is 6.58. The van der Waals surface area contributed by atoms with Gasteiger partial charge in [0.05, 0.1) is 11.3 Å². The minimum atomic E-state index is -4.46. The zero-order valence-electron chi connectivity index (χ0n) is 28.3. The van der Waals surface area contributed by atoms with Crippen LogP contribution in [0.15, 0.2) is 140 Å². The standard InChI is InChI=1S/C43H40F3N3O2/c44-43(45,46)38-21-16-32(17-22-38)18-23-41(50)49(31-36-14-19-37(20-15-36)39-13-7-8-26-47-39)40(30-34-11-5-2-6-12-34)42(51)48-27-24-35(25-28-48)29-33-9-3-1-4-10-33/h1-23,26,35,40H,24-25,27-31H2/b23-18+/t40-/m0/s1. The topological polar surface area (TPSA) is 53.5 Å². The van der Waals surface area contributed by atoms with E-state index in [0.717, 1.165) is 53.8 Å². The van der Waals surface area contributed by atoms with Crippen molar-refractivity contribution in [2.75, 3.05) is 13.1 Å². The minimum Gasteiger partial charge on any atom is -0.341 e. The molecule has 0 spiro atoms. The fraction of sp³-hybridized carbons (Fsp3) is 0.233. The number of carbonyl (C=O) groups excluding carboxylic acids is 2. The Morgan fingerprint density at radius 3 is 2.00 bits per heavy atom.